The van der Waals surface area contributed by atoms with Gasteiger partial charge < -0.3 is 15.8 Å². The Bertz CT molecular complexity index is 645. The van der Waals surface area contributed by atoms with Gasteiger partial charge >= 0.3 is 6.09 Å². The lowest BCUT2D eigenvalue weighted by atomic mass is 9.95. The summed E-state index contributed by atoms with van der Waals surface area (Å²) in [6.45, 7) is 2.64. The number of ether oxygens (including phenoxy) is 1. The fourth-order valence-corrected chi connectivity index (χ4v) is 3.95. The summed E-state index contributed by atoms with van der Waals surface area (Å²) in [5.74, 6) is 0.399. The van der Waals surface area contributed by atoms with Crippen LogP contribution in [0.1, 0.15) is 24.8 Å². The molecule has 6 heteroatoms. The zero-order chi connectivity index (χ0) is 16.0. The van der Waals surface area contributed by atoms with Crippen molar-refractivity contribution in [3.63, 3.8) is 0 Å². The molecule has 1 saturated carbocycles. The van der Waals surface area contributed by atoms with E-state index < -0.39 is 0 Å². The highest BCUT2D eigenvalue weighted by Gasteiger charge is 2.57. The summed E-state index contributed by atoms with van der Waals surface area (Å²) < 4.78 is 5.31. The van der Waals surface area contributed by atoms with Crippen LogP contribution in [0.5, 0.6) is 0 Å². The summed E-state index contributed by atoms with van der Waals surface area (Å²) in [6.07, 6.45) is 1.37. The second-order valence-electron chi connectivity index (χ2n) is 6.86. The molecule has 2 amide bonds. The molecule has 2 saturated heterocycles. The molecule has 0 aromatic heterocycles. The predicted molar refractivity (Wildman–Crippen MR) is 85.1 cm³/mol. The number of hydrogen-bond acceptors (Lipinski definition) is 4. The number of amides is 2. The minimum absolute atomic E-state index is 0.238. The van der Waals surface area contributed by atoms with Crippen molar-refractivity contribution in [1.29, 1.82) is 0 Å². The van der Waals surface area contributed by atoms with E-state index in [9.17, 15) is 9.59 Å². The number of anilines is 1. The highest BCUT2D eigenvalue weighted by atomic mass is 16.6. The smallest absolute Gasteiger partial charge is 0.414 e. The number of rotatable bonds is 5. The van der Waals surface area contributed by atoms with E-state index in [1.807, 2.05) is 12.1 Å². The molecule has 3 N–H and O–H groups in total. The second kappa shape index (κ2) is 5.23. The number of carbonyl (C=O) groups excluding carboxylic acids is 2. The van der Waals surface area contributed by atoms with Crippen LogP contribution in [-0.4, -0.2) is 37.7 Å². The largest absolute Gasteiger partial charge is 0.444 e. The van der Waals surface area contributed by atoms with Gasteiger partial charge in [-0.3, -0.25) is 9.69 Å². The number of primary amides is 1. The molecule has 3 aliphatic rings. The molecule has 2 aliphatic heterocycles. The first-order valence-electron chi connectivity index (χ1n) is 8.16. The Kier molecular flexibility index (Phi) is 3.30. The standard InChI is InChI=1S/C17H21N3O3/c18-15(21)6-5-14-9-20(16(22)23-14)13-3-1-11(2-4-13)17-7-12(17)8-19-10-17/h1-4,12,14,19H,5-10H2,(H2,18,21)/t12-,14+,17+/m1/s1. The quantitative estimate of drug-likeness (QED) is 0.853. The number of carbonyl (C=O) groups is 2. The van der Waals surface area contributed by atoms with E-state index >= 15 is 0 Å². The van der Waals surface area contributed by atoms with E-state index in [1.165, 1.54) is 12.0 Å². The summed E-state index contributed by atoms with van der Waals surface area (Å²) in [6, 6.07) is 8.25. The summed E-state index contributed by atoms with van der Waals surface area (Å²) in [4.78, 5) is 24.5. The fraction of sp³-hybridized carbons (Fsp3) is 0.529. The van der Waals surface area contributed by atoms with Gasteiger partial charge in [-0.2, -0.15) is 0 Å². The average molecular weight is 315 g/mol. The van der Waals surface area contributed by atoms with Crippen molar-refractivity contribution in [2.24, 2.45) is 11.7 Å². The topological polar surface area (TPSA) is 84.7 Å². The van der Waals surface area contributed by atoms with Crippen molar-refractivity contribution in [3.8, 4) is 0 Å². The molecule has 0 bridgehead atoms. The lowest BCUT2D eigenvalue weighted by Crippen LogP contribution is -2.25. The number of nitrogens with one attached hydrogen (secondary N) is 1. The van der Waals surface area contributed by atoms with Crippen molar-refractivity contribution in [1.82, 2.24) is 5.32 Å². The Hall–Kier alpha value is -2.08. The van der Waals surface area contributed by atoms with Crippen LogP contribution in [-0.2, 0) is 14.9 Å². The highest BCUT2D eigenvalue weighted by Crippen LogP contribution is 2.56. The minimum Gasteiger partial charge on any atom is -0.444 e. The van der Waals surface area contributed by atoms with Crippen LogP contribution in [0, 0.1) is 5.92 Å². The molecule has 3 atom stereocenters. The third-order valence-electron chi connectivity index (χ3n) is 5.40. The van der Waals surface area contributed by atoms with Gasteiger partial charge in [-0.1, -0.05) is 12.1 Å². The predicted octanol–water partition coefficient (Wildman–Crippen LogP) is 1.14. The Balaban J connectivity index is 1.44. The number of piperidine rings is 1. The number of fused-ring (bicyclic) bond motifs is 1. The monoisotopic (exact) mass is 315 g/mol. The first-order chi connectivity index (χ1) is 11.1. The van der Waals surface area contributed by atoms with Gasteiger partial charge in [0.25, 0.3) is 0 Å². The fourth-order valence-electron chi connectivity index (χ4n) is 3.95. The van der Waals surface area contributed by atoms with Gasteiger partial charge in [-0.15, -0.1) is 0 Å². The van der Waals surface area contributed by atoms with Crippen LogP contribution in [0.3, 0.4) is 0 Å². The zero-order valence-electron chi connectivity index (χ0n) is 13.0. The number of nitrogens with zero attached hydrogens (tertiary/aromatic N) is 1. The first-order valence-corrected chi connectivity index (χ1v) is 8.16. The van der Waals surface area contributed by atoms with Crippen molar-refractivity contribution in [3.05, 3.63) is 29.8 Å². The number of hydrogen-bond donors (Lipinski definition) is 2. The molecule has 1 aromatic carbocycles. The van der Waals surface area contributed by atoms with Gasteiger partial charge in [0.05, 0.1) is 6.54 Å². The van der Waals surface area contributed by atoms with E-state index in [2.05, 4.69) is 17.4 Å². The summed E-state index contributed by atoms with van der Waals surface area (Å²) in [5, 5.41) is 3.44. The highest BCUT2D eigenvalue weighted by molar-refractivity contribution is 5.89. The normalized spacial score (nSPS) is 31.8. The second-order valence-corrected chi connectivity index (χ2v) is 6.86. The summed E-state index contributed by atoms with van der Waals surface area (Å²) in [7, 11) is 0. The van der Waals surface area contributed by atoms with E-state index in [-0.39, 0.29) is 24.5 Å². The molecular weight excluding hydrogens is 294 g/mol. The van der Waals surface area contributed by atoms with Gasteiger partial charge in [-0.25, -0.2) is 4.79 Å². The van der Waals surface area contributed by atoms with E-state index in [4.69, 9.17) is 10.5 Å². The number of benzene rings is 1. The molecule has 1 aromatic rings. The van der Waals surface area contributed by atoms with Gasteiger partial charge in [0.2, 0.25) is 5.91 Å². The maximum Gasteiger partial charge on any atom is 0.414 e. The average Bonchev–Trinajstić information content (AvgIpc) is 2.90. The maximum atomic E-state index is 12.0. The van der Waals surface area contributed by atoms with E-state index in [0.29, 0.717) is 18.4 Å². The SMILES string of the molecule is NC(=O)CC[C@H]1CN(c2ccc([C@]34CNC[C@H]3C4)cc2)C(=O)O1. The Morgan fingerprint density at radius 3 is 2.78 bits per heavy atom. The molecule has 6 nitrogen and oxygen atoms in total. The van der Waals surface area contributed by atoms with E-state index in [1.54, 1.807) is 4.90 Å². The molecule has 0 radical (unpaired) electrons. The Morgan fingerprint density at radius 1 is 1.39 bits per heavy atom. The molecule has 2 heterocycles. The van der Waals surface area contributed by atoms with Crippen molar-refractivity contribution in [2.45, 2.75) is 30.8 Å². The van der Waals surface area contributed by atoms with Crippen LogP contribution in [0.2, 0.25) is 0 Å². The molecule has 0 spiro atoms. The van der Waals surface area contributed by atoms with Crippen LogP contribution in [0.4, 0.5) is 10.5 Å². The van der Waals surface area contributed by atoms with Crippen molar-refractivity contribution in [2.75, 3.05) is 24.5 Å². The van der Waals surface area contributed by atoms with Gasteiger partial charge in [0.15, 0.2) is 0 Å². The Morgan fingerprint density at radius 2 is 2.17 bits per heavy atom. The molecule has 1 aliphatic carbocycles. The third kappa shape index (κ3) is 2.47. The van der Waals surface area contributed by atoms with E-state index in [0.717, 1.165) is 24.7 Å². The summed E-state index contributed by atoms with van der Waals surface area (Å²) in [5.41, 5.74) is 7.68. The molecule has 23 heavy (non-hydrogen) atoms. The third-order valence-corrected chi connectivity index (χ3v) is 5.40. The van der Waals surface area contributed by atoms with Crippen molar-refractivity contribution >= 4 is 17.7 Å². The minimum atomic E-state index is -0.368. The van der Waals surface area contributed by atoms with Crippen molar-refractivity contribution < 1.29 is 14.3 Å². The van der Waals surface area contributed by atoms with Gasteiger partial charge in [0.1, 0.15) is 6.10 Å². The van der Waals surface area contributed by atoms with Crippen LogP contribution < -0.4 is 16.0 Å². The van der Waals surface area contributed by atoms with Gasteiger partial charge in [0, 0.05) is 24.1 Å². The Labute approximate surface area is 135 Å². The van der Waals surface area contributed by atoms with Gasteiger partial charge in [-0.05, 0) is 43.0 Å². The lowest BCUT2D eigenvalue weighted by Gasteiger charge is -2.16. The lowest BCUT2D eigenvalue weighted by molar-refractivity contribution is -0.118. The molecule has 122 valence electrons. The summed E-state index contributed by atoms with van der Waals surface area (Å²) >= 11 is 0. The maximum absolute atomic E-state index is 12.0. The zero-order valence-corrected chi connectivity index (χ0v) is 13.0. The number of cyclic esters (lactones) is 1. The number of nitrogens with two attached hydrogens (primary N) is 1. The molecular formula is C17H21N3O3. The molecule has 0 unspecified atom stereocenters. The van der Waals surface area contributed by atoms with Crippen LogP contribution in [0.25, 0.3) is 0 Å². The van der Waals surface area contributed by atoms with Crippen LogP contribution in [0.15, 0.2) is 24.3 Å². The molecule has 3 fully saturated rings. The molecule has 4 rings (SSSR count). The van der Waals surface area contributed by atoms with Crippen LogP contribution >= 0.6 is 0 Å². The first kappa shape index (κ1) is 14.5.